The van der Waals surface area contributed by atoms with Crippen molar-refractivity contribution in [3.8, 4) is 0 Å². The van der Waals surface area contributed by atoms with Crippen LogP contribution < -0.4 is 0 Å². The van der Waals surface area contributed by atoms with Gasteiger partial charge in [0.25, 0.3) is 0 Å². The summed E-state index contributed by atoms with van der Waals surface area (Å²) < 4.78 is 0. The molecule has 0 bridgehead atoms. The van der Waals surface area contributed by atoms with E-state index in [1.54, 1.807) is 16.7 Å². The Bertz CT molecular complexity index is 1320. The molecule has 2 aromatic carbocycles. The third kappa shape index (κ3) is 7.64. The topological polar surface area (TPSA) is 0 Å². The van der Waals surface area contributed by atoms with Crippen LogP contribution in [0.25, 0.3) is 0 Å². The molecule has 0 spiro atoms. The number of rotatable bonds is 2. The second-order valence-electron chi connectivity index (χ2n) is 21.4. The molecule has 0 aliphatic carbocycles. The van der Waals surface area contributed by atoms with Crippen molar-refractivity contribution < 1.29 is 0 Å². The molecular weight excluding hydrogens is 516 g/mol. The molecule has 0 saturated heterocycles. The fourth-order valence-corrected chi connectivity index (χ4v) is 7.20. The zero-order valence-electron chi connectivity index (χ0n) is 33.2. The first-order chi connectivity index (χ1) is 18.5. The molecule has 0 heteroatoms. The van der Waals surface area contributed by atoms with E-state index in [1.807, 2.05) is 0 Å². The van der Waals surface area contributed by atoms with Crippen LogP contribution in [0.4, 0.5) is 0 Å². The molecule has 2 rings (SSSR count). The summed E-state index contributed by atoms with van der Waals surface area (Å²) in [6.45, 7) is 55.7. The largest absolute Gasteiger partial charge is 0.0561 e. The van der Waals surface area contributed by atoms with Crippen LogP contribution in [0.1, 0.15) is 209 Å². The van der Waals surface area contributed by atoms with E-state index in [0.717, 1.165) is 0 Å². The van der Waals surface area contributed by atoms with Crippen LogP contribution in [0.15, 0.2) is 18.2 Å². The van der Waals surface area contributed by atoms with Crippen molar-refractivity contribution in [2.45, 2.75) is 203 Å². The SMILES string of the molecule is CC(C)(C)c1cc(C(C)(C)C)c(C(C)(C)c2cc(C(C)(C)C)c(C(C)(C)C)c(C(C)(C)C)c2C(C)(C)C)cc1C(C)(C)C. The Balaban J connectivity index is 3.45. The van der Waals surface area contributed by atoms with Crippen molar-refractivity contribution in [1.29, 1.82) is 0 Å². The summed E-state index contributed by atoms with van der Waals surface area (Å²) in [5.41, 5.74) is 13.5. The Hall–Kier alpha value is -1.56. The molecule has 0 saturated carbocycles. The highest BCUT2D eigenvalue weighted by Crippen LogP contribution is 2.52. The molecule has 244 valence electrons. The molecule has 0 heterocycles. The van der Waals surface area contributed by atoms with Gasteiger partial charge < -0.3 is 0 Å². The van der Waals surface area contributed by atoms with Crippen LogP contribution in [0.3, 0.4) is 0 Å². The van der Waals surface area contributed by atoms with Crippen LogP contribution in [0.5, 0.6) is 0 Å². The van der Waals surface area contributed by atoms with Crippen LogP contribution in [0.2, 0.25) is 0 Å². The highest BCUT2D eigenvalue weighted by Gasteiger charge is 2.43. The fourth-order valence-electron chi connectivity index (χ4n) is 7.20. The summed E-state index contributed by atoms with van der Waals surface area (Å²) in [5, 5.41) is 0. The Kier molecular flexibility index (Phi) is 9.42. The smallest absolute Gasteiger partial charge is 0.0152 e. The average molecular weight is 589 g/mol. The van der Waals surface area contributed by atoms with E-state index >= 15 is 0 Å². The van der Waals surface area contributed by atoms with Gasteiger partial charge >= 0.3 is 0 Å². The van der Waals surface area contributed by atoms with E-state index in [4.69, 9.17) is 0 Å². The maximum absolute atomic E-state index is 2.65. The van der Waals surface area contributed by atoms with Crippen molar-refractivity contribution >= 4 is 0 Å². The van der Waals surface area contributed by atoms with Crippen LogP contribution in [0, 0.1) is 0 Å². The summed E-state index contributed by atoms with van der Waals surface area (Å²) in [4.78, 5) is 0. The number of hydrogen-bond donors (Lipinski definition) is 0. The van der Waals surface area contributed by atoms with Gasteiger partial charge in [0, 0.05) is 5.41 Å². The summed E-state index contributed by atoms with van der Waals surface area (Å²) in [6, 6.07) is 7.86. The molecule has 0 atom stereocenters. The van der Waals surface area contributed by atoms with Gasteiger partial charge in [-0.2, -0.15) is 0 Å². The first-order valence-electron chi connectivity index (χ1n) is 17.0. The van der Waals surface area contributed by atoms with Crippen molar-refractivity contribution in [3.05, 3.63) is 68.3 Å². The summed E-state index contributed by atoms with van der Waals surface area (Å²) in [6.07, 6.45) is 0. The summed E-state index contributed by atoms with van der Waals surface area (Å²) in [7, 11) is 0. The van der Waals surface area contributed by atoms with Gasteiger partial charge in [-0.1, -0.05) is 177 Å². The van der Waals surface area contributed by atoms with Crippen LogP contribution in [-0.2, 0) is 43.3 Å². The molecule has 0 unspecified atom stereocenters. The lowest BCUT2D eigenvalue weighted by atomic mass is 9.59. The number of benzene rings is 2. The van der Waals surface area contributed by atoms with Gasteiger partial charge in [-0.25, -0.2) is 0 Å². The Morgan fingerprint density at radius 2 is 0.465 bits per heavy atom. The molecule has 0 radical (unpaired) electrons. The van der Waals surface area contributed by atoms with E-state index < -0.39 is 0 Å². The van der Waals surface area contributed by atoms with Gasteiger partial charge in [-0.15, -0.1) is 0 Å². The minimum Gasteiger partial charge on any atom is -0.0561 e. The Labute approximate surface area is 270 Å². The fraction of sp³-hybridized carbons (Fsp3) is 0.721. The van der Waals surface area contributed by atoms with E-state index in [9.17, 15) is 0 Å². The van der Waals surface area contributed by atoms with E-state index in [-0.39, 0.29) is 43.3 Å². The minimum absolute atomic E-state index is 0.00314. The molecular formula is C43H72. The lowest BCUT2D eigenvalue weighted by Crippen LogP contribution is -2.37. The first-order valence-corrected chi connectivity index (χ1v) is 17.0. The van der Waals surface area contributed by atoms with Gasteiger partial charge in [0.2, 0.25) is 0 Å². The standard InChI is InChI=1S/C43H72/c1-36(2,3)27-24-29(38(7,8)9)30(25-28(27)37(4,5)6)43(22,23)32-26-31(39(10,11)12)33(40(13,14)15)35(42(19,20)21)34(32)41(16,17)18/h24-26H,1-23H3. The number of hydrogen-bond acceptors (Lipinski definition) is 0. The predicted molar refractivity (Wildman–Crippen MR) is 196 cm³/mol. The van der Waals surface area contributed by atoms with Gasteiger partial charge in [-0.3, -0.25) is 0 Å². The normalized spacial score (nSPS) is 14.9. The third-order valence-corrected chi connectivity index (χ3v) is 9.31. The molecule has 0 fully saturated rings. The van der Waals surface area contributed by atoms with E-state index in [0.29, 0.717) is 0 Å². The molecule has 0 nitrogen and oxygen atoms in total. The van der Waals surface area contributed by atoms with Crippen LogP contribution in [-0.4, -0.2) is 0 Å². The summed E-state index contributed by atoms with van der Waals surface area (Å²) >= 11 is 0. The maximum atomic E-state index is 2.65. The Morgan fingerprint density at radius 1 is 0.233 bits per heavy atom. The van der Waals surface area contributed by atoms with E-state index in [2.05, 4.69) is 177 Å². The highest BCUT2D eigenvalue weighted by atomic mass is 14.5. The quantitative estimate of drug-likeness (QED) is 0.327. The monoisotopic (exact) mass is 589 g/mol. The summed E-state index contributed by atoms with van der Waals surface area (Å²) in [5.74, 6) is 0. The van der Waals surface area contributed by atoms with E-state index in [1.165, 1.54) is 33.4 Å². The zero-order chi connectivity index (χ0) is 34.3. The molecule has 0 aromatic heterocycles. The predicted octanol–water partition coefficient (Wildman–Crippen LogP) is 13.1. The van der Waals surface area contributed by atoms with Gasteiger partial charge in [0.1, 0.15) is 0 Å². The average Bonchev–Trinajstić information content (AvgIpc) is 2.72. The Morgan fingerprint density at radius 3 is 0.744 bits per heavy atom. The van der Waals surface area contributed by atoms with Gasteiger partial charge in [0.15, 0.2) is 0 Å². The second-order valence-corrected chi connectivity index (χ2v) is 21.4. The lowest BCUT2D eigenvalue weighted by Gasteiger charge is -2.45. The molecule has 0 amide bonds. The molecule has 0 N–H and O–H groups in total. The highest BCUT2D eigenvalue weighted by molar-refractivity contribution is 5.62. The van der Waals surface area contributed by atoms with Gasteiger partial charge in [-0.05, 0) is 88.0 Å². The zero-order valence-corrected chi connectivity index (χ0v) is 33.2. The van der Waals surface area contributed by atoms with Crippen LogP contribution >= 0.6 is 0 Å². The molecule has 2 aromatic rings. The maximum Gasteiger partial charge on any atom is 0.0152 e. The van der Waals surface area contributed by atoms with Gasteiger partial charge in [0.05, 0.1) is 0 Å². The molecule has 0 aliphatic heterocycles. The minimum atomic E-state index is -0.210. The molecule has 43 heavy (non-hydrogen) atoms. The first kappa shape index (κ1) is 37.6. The lowest BCUT2D eigenvalue weighted by molar-refractivity contribution is 0.461. The van der Waals surface area contributed by atoms with Crippen molar-refractivity contribution in [2.24, 2.45) is 0 Å². The third-order valence-electron chi connectivity index (χ3n) is 9.31. The van der Waals surface area contributed by atoms with Crippen molar-refractivity contribution in [3.63, 3.8) is 0 Å². The van der Waals surface area contributed by atoms with Crippen molar-refractivity contribution in [1.82, 2.24) is 0 Å². The van der Waals surface area contributed by atoms with Crippen molar-refractivity contribution in [2.75, 3.05) is 0 Å². The second kappa shape index (κ2) is 10.8. The molecule has 0 aliphatic rings.